The van der Waals surface area contributed by atoms with Crippen molar-refractivity contribution in [3.63, 3.8) is 0 Å². The van der Waals surface area contributed by atoms with Gasteiger partial charge in [-0.25, -0.2) is 13.1 Å². The lowest BCUT2D eigenvalue weighted by Crippen LogP contribution is -2.37. The van der Waals surface area contributed by atoms with Gasteiger partial charge in [-0.3, -0.25) is 4.79 Å². The van der Waals surface area contributed by atoms with Gasteiger partial charge < -0.3 is 4.90 Å². The zero-order valence-corrected chi connectivity index (χ0v) is 13.9. The standard InChI is InChI=1S/C14H21ClN2O3S/c1-3-10-21(19,20)16-8-9-17(12(2)18)11-13-4-6-14(15)7-5-13/h4-7,16H,3,8-11H2,1-2H3. The van der Waals surface area contributed by atoms with Gasteiger partial charge in [-0.15, -0.1) is 0 Å². The predicted molar refractivity (Wildman–Crippen MR) is 84.6 cm³/mol. The predicted octanol–water partition coefficient (Wildman–Crippen LogP) is 2.02. The lowest BCUT2D eigenvalue weighted by atomic mass is 10.2. The van der Waals surface area contributed by atoms with Crippen molar-refractivity contribution in [1.29, 1.82) is 0 Å². The van der Waals surface area contributed by atoms with Crippen LogP contribution < -0.4 is 4.72 Å². The second-order valence-corrected chi connectivity index (χ2v) is 7.14. The van der Waals surface area contributed by atoms with Crippen molar-refractivity contribution >= 4 is 27.5 Å². The van der Waals surface area contributed by atoms with Crippen LogP contribution in [-0.2, 0) is 21.4 Å². The van der Waals surface area contributed by atoms with Crippen LogP contribution in [0.1, 0.15) is 25.8 Å². The van der Waals surface area contributed by atoms with Gasteiger partial charge in [0.15, 0.2) is 0 Å². The Hall–Kier alpha value is -1.11. The van der Waals surface area contributed by atoms with Crippen LogP contribution in [0, 0.1) is 0 Å². The molecule has 0 aliphatic rings. The van der Waals surface area contributed by atoms with Crippen molar-refractivity contribution in [1.82, 2.24) is 9.62 Å². The van der Waals surface area contributed by atoms with E-state index in [1.807, 2.05) is 19.1 Å². The lowest BCUT2D eigenvalue weighted by molar-refractivity contribution is -0.129. The smallest absolute Gasteiger partial charge is 0.219 e. The van der Waals surface area contributed by atoms with Crippen LogP contribution in [0.25, 0.3) is 0 Å². The van der Waals surface area contributed by atoms with Gasteiger partial charge in [0, 0.05) is 31.6 Å². The number of amides is 1. The molecule has 5 nitrogen and oxygen atoms in total. The first-order valence-electron chi connectivity index (χ1n) is 6.81. The summed E-state index contributed by atoms with van der Waals surface area (Å²) in [6, 6.07) is 7.22. The molecule has 1 amide bonds. The molecule has 0 aromatic heterocycles. The van der Waals surface area contributed by atoms with Crippen LogP contribution >= 0.6 is 11.6 Å². The second kappa shape index (κ2) is 8.36. The highest BCUT2D eigenvalue weighted by atomic mass is 35.5. The minimum absolute atomic E-state index is 0.0976. The molecule has 0 fully saturated rings. The molecule has 0 saturated heterocycles. The third-order valence-corrected chi connectivity index (χ3v) is 4.75. The molecule has 0 saturated carbocycles. The van der Waals surface area contributed by atoms with Gasteiger partial charge in [-0.05, 0) is 24.1 Å². The van der Waals surface area contributed by atoms with Gasteiger partial charge in [-0.1, -0.05) is 30.7 Å². The summed E-state index contributed by atoms with van der Waals surface area (Å²) in [6.07, 6.45) is 0.566. The van der Waals surface area contributed by atoms with Crippen molar-refractivity contribution in [2.75, 3.05) is 18.8 Å². The zero-order valence-electron chi connectivity index (χ0n) is 12.3. The molecule has 0 radical (unpaired) electrons. The van der Waals surface area contributed by atoms with Crippen LogP contribution in [-0.4, -0.2) is 38.1 Å². The first-order valence-corrected chi connectivity index (χ1v) is 8.84. The quantitative estimate of drug-likeness (QED) is 0.792. The van der Waals surface area contributed by atoms with E-state index in [0.29, 0.717) is 24.5 Å². The van der Waals surface area contributed by atoms with E-state index in [1.54, 1.807) is 17.0 Å². The molecule has 1 rings (SSSR count). The van der Waals surface area contributed by atoms with E-state index in [0.717, 1.165) is 5.56 Å². The van der Waals surface area contributed by atoms with Crippen LogP contribution in [0.2, 0.25) is 5.02 Å². The summed E-state index contributed by atoms with van der Waals surface area (Å²) in [6.45, 7) is 4.26. The second-order valence-electron chi connectivity index (χ2n) is 4.78. The van der Waals surface area contributed by atoms with Gasteiger partial charge in [0.25, 0.3) is 0 Å². The fraction of sp³-hybridized carbons (Fsp3) is 0.500. The van der Waals surface area contributed by atoms with E-state index in [2.05, 4.69) is 4.72 Å². The molecule has 0 spiro atoms. The Morgan fingerprint density at radius 2 is 1.90 bits per heavy atom. The summed E-state index contributed by atoms with van der Waals surface area (Å²) in [4.78, 5) is 13.2. The first kappa shape index (κ1) is 17.9. The van der Waals surface area contributed by atoms with Crippen molar-refractivity contribution < 1.29 is 13.2 Å². The Morgan fingerprint density at radius 1 is 1.29 bits per heavy atom. The van der Waals surface area contributed by atoms with Gasteiger partial charge in [0.2, 0.25) is 15.9 Å². The Kier molecular flexibility index (Phi) is 7.14. The lowest BCUT2D eigenvalue weighted by Gasteiger charge is -2.21. The van der Waals surface area contributed by atoms with Gasteiger partial charge in [-0.2, -0.15) is 0 Å². The van der Waals surface area contributed by atoms with E-state index in [9.17, 15) is 13.2 Å². The summed E-state index contributed by atoms with van der Waals surface area (Å²) >= 11 is 5.82. The van der Waals surface area contributed by atoms with Gasteiger partial charge in [0.05, 0.1) is 5.75 Å². The fourth-order valence-corrected chi connectivity index (χ4v) is 3.05. The summed E-state index contributed by atoms with van der Waals surface area (Å²) in [5.41, 5.74) is 0.950. The minimum atomic E-state index is -3.24. The van der Waals surface area contributed by atoms with E-state index in [-0.39, 0.29) is 18.2 Å². The molecule has 7 heteroatoms. The van der Waals surface area contributed by atoms with E-state index >= 15 is 0 Å². The molecule has 0 heterocycles. The summed E-state index contributed by atoms with van der Waals surface area (Å²) in [7, 11) is -3.24. The molecule has 1 aromatic rings. The van der Waals surface area contributed by atoms with Crippen LogP contribution in [0.15, 0.2) is 24.3 Å². The van der Waals surface area contributed by atoms with E-state index < -0.39 is 10.0 Å². The Morgan fingerprint density at radius 3 is 2.43 bits per heavy atom. The maximum atomic E-state index is 11.6. The Balaban J connectivity index is 2.55. The maximum absolute atomic E-state index is 11.6. The monoisotopic (exact) mass is 332 g/mol. The molecule has 118 valence electrons. The zero-order chi connectivity index (χ0) is 15.9. The highest BCUT2D eigenvalue weighted by Crippen LogP contribution is 2.11. The minimum Gasteiger partial charge on any atom is -0.337 e. The van der Waals surface area contributed by atoms with E-state index in [4.69, 9.17) is 11.6 Å². The first-order chi connectivity index (χ1) is 9.84. The maximum Gasteiger partial charge on any atom is 0.219 e. The number of sulfonamides is 1. The topological polar surface area (TPSA) is 66.5 Å². The third kappa shape index (κ3) is 6.93. The number of hydrogen-bond donors (Lipinski definition) is 1. The van der Waals surface area contributed by atoms with Crippen molar-refractivity contribution in [3.8, 4) is 0 Å². The van der Waals surface area contributed by atoms with Crippen molar-refractivity contribution in [3.05, 3.63) is 34.9 Å². The van der Waals surface area contributed by atoms with Crippen molar-refractivity contribution in [2.45, 2.75) is 26.8 Å². The summed E-state index contributed by atoms with van der Waals surface area (Å²) in [5, 5.41) is 0.639. The molecular weight excluding hydrogens is 312 g/mol. The highest BCUT2D eigenvalue weighted by Gasteiger charge is 2.12. The number of carbonyl (C=O) groups is 1. The number of carbonyl (C=O) groups excluding carboxylic acids is 1. The number of hydrogen-bond acceptors (Lipinski definition) is 3. The molecule has 0 aliphatic heterocycles. The number of benzene rings is 1. The number of nitrogens with one attached hydrogen (secondary N) is 1. The molecule has 0 aliphatic carbocycles. The van der Waals surface area contributed by atoms with Crippen LogP contribution in [0.3, 0.4) is 0 Å². The van der Waals surface area contributed by atoms with Crippen LogP contribution in [0.4, 0.5) is 0 Å². The summed E-state index contributed by atoms with van der Waals surface area (Å²) < 4.78 is 25.6. The molecule has 0 unspecified atom stereocenters. The van der Waals surface area contributed by atoms with Crippen LogP contribution in [0.5, 0.6) is 0 Å². The fourth-order valence-electron chi connectivity index (χ4n) is 1.84. The normalized spacial score (nSPS) is 11.4. The summed E-state index contributed by atoms with van der Waals surface area (Å²) in [5.74, 6) is 0.00389. The Bertz CT molecular complexity index is 558. The van der Waals surface area contributed by atoms with Gasteiger partial charge in [0.1, 0.15) is 0 Å². The van der Waals surface area contributed by atoms with Crippen molar-refractivity contribution in [2.24, 2.45) is 0 Å². The number of halogens is 1. The average Bonchev–Trinajstić information content (AvgIpc) is 2.39. The Labute approximate surface area is 131 Å². The van der Waals surface area contributed by atoms with E-state index in [1.165, 1.54) is 6.92 Å². The SMILES string of the molecule is CCCS(=O)(=O)NCCN(Cc1ccc(Cl)cc1)C(C)=O. The third-order valence-electron chi connectivity index (χ3n) is 2.91. The largest absolute Gasteiger partial charge is 0.337 e. The molecule has 0 bridgehead atoms. The number of rotatable bonds is 8. The molecule has 1 N–H and O–H groups in total. The molecule has 1 aromatic carbocycles. The average molecular weight is 333 g/mol. The molecule has 0 atom stereocenters. The van der Waals surface area contributed by atoms with Gasteiger partial charge >= 0.3 is 0 Å². The molecular formula is C14H21ClN2O3S. The number of nitrogens with zero attached hydrogens (tertiary/aromatic N) is 1. The highest BCUT2D eigenvalue weighted by molar-refractivity contribution is 7.89. The molecule has 21 heavy (non-hydrogen) atoms.